The van der Waals surface area contributed by atoms with Crippen LogP contribution in [0.3, 0.4) is 0 Å². The first-order valence-electron chi connectivity index (χ1n) is 7.72. The van der Waals surface area contributed by atoms with E-state index in [9.17, 15) is 4.79 Å². The molecule has 3 rings (SSSR count). The van der Waals surface area contributed by atoms with Gasteiger partial charge in [0.15, 0.2) is 0 Å². The molecular formula is C18H18N4O2. The third kappa shape index (κ3) is 4.42. The summed E-state index contributed by atoms with van der Waals surface area (Å²) in [5, 5.41) is 5.97. The highest BCUT2D eigenvalue weighted by Gasteiger charge is 2.08. The van der Waals surface area contributed by atoms with E-state index < -0.39 is 0 Å². The van der Waals surface area contributed by atoms with E-state index in [0.717, 1.165) is 12.2 Å². The SMILES string of the molecule is O=C(NCCc1ccccc1)c1cc(NCc2ccco2)ncn1. The van der Waals surface area contributed by atoms with Crippen molar-refractivity contribution in [1.29, 1.82) is 0 Å². The lowest BCUT2D eigenvalue weighted by Crippen LogP contribution is -2.26. The molecular weight excluding hydrogens is 304 g/mol. The molecule has 0 fully saturated rings. The van der Waals surface area contributed by atoms with Crippen LogP contribution in [0, 0.1) is 0 Å². The van der Waals surface area contributed by atoms with Gasteiger partial charge in [0.25, 0.3) is 5.91 Å². The van der Waals surface area contributed by atoms with Gasteiger partial charge in [0.1, 0.15) is 23.6 Å². The lowest BCUT2D eigenvalue weighted by molar-refractivity contribution is 0.0949. The van der Waals surface area contributed by atoms with Gasteiger partial charge in [0.05, 0.1) is 12.8 Å². The smallest absolute Gasteiger partial charge is 0.270 e. The van der Waals surface area contributed by atoms with Crippen molar-refractivity contribution >= 4 is 11.7 Å². The Balaban J connectivity index is 1.52. The molecule has 0 unspecified atom stereocenters. The highest BCUT2D eigenvalue weighted by molar-refractivity contribution is 5.92. The van der Waals surface area contributed by atoms with Crippen molar-refractivity contribution in [3.05, 3.63) is 78.1 Å². The molecule has 0 aliphatic carbocycles. The zero-order valence-corrected chi connectivity index (χ0v) is 13.1. The minimum absolute atomic E-state index is 0.214. The van der Waals surface area contributed by atoms with E-state index in [-0.39, 0.29) is 5.91 Å². The number of hydrogen-bond donors (Lipinski definition) is 2. The average Bonchev–Trinajstić information content (AvgIpc) is 3.15. The summed E-state index contributed by atoms with van der Waals surface area (Å²) in [6, 6.07) is 15.3. The van der Waals surface area contributed by atoms with Crippen LogP contribution in [-0.2, 0) is 13.0 Å². The highest BCUT2D eigenvalue weighted by Crippen LogP contribution is 2.08. The molecule has 2 aromatic heterocycles. The number of nitrogens with zero attached hydrogens (tertiary/aromatic N) is 2. The fraction of sp³-hybridized carbons (Fsp3) is 0.167. The number of anilines is 1. The lowest BCUT2D eigenvalue weighted by Gasteiger charge is -2.07. The van der Waals surface area contributed by atoms with Crippen molar-refractivity contribution < 1.29 is 9.21 Å². The fourth-order valence-corrected chi connectivity index (χ4v) is 2.22. The van der Waals surface area contributed by atoms with E-state index >= 15 is 0 Å². The number of carbonyl (C=O) groups is 1. The number of hydrogen-bond acceptors (Lipinski definition) is 5. The fourth-order valence-electron chi connectivity index (χ4n) is 2.22. The molecule has 24 heavy (non-hydrogen) atoms. The molecule has 0 saturated carbocycles. The monoisotopic (exact) mass is 322 g/mol. The van der Waals surface area contributed by atoms with E-state index in [4.69, 9.17) is 4.42 Å². The first kappa shape index (κ1) is 15.7. The van der Waals surface area contributed by atoms with Crippen molar-refractivity contribution in [3.8, 4) is 0 Å². The molecule has 1 amide bonds. The van der Waals surface area contributed by atoms with E-state index in [1.807, 2.05) is 42.5 Å². The molecule has 6 nitrogen and oxygen atoms in total. The molecule has 2 N–H and O–H groups in total. The quantitative estimate of drug-likeness (QED) is 0.699. The summed E-state index contributed by atoms with van der Waals surface area (Å²) in [5.41, 5.74) is 1.52. The van der Waals surface area contributed by atoms with E-state index in [1.165, 1.54) is 11.9 Å². The van der Waals surface area contributed by atoms with Crippen LogP contribution in [0.4, 0.5) is 5.82 Å². The Kier molecular flexibility index (Phi) is 5.19. The summed E-state index contributed by atoms with van der Waals surface area (Å²) in [6.45, 7) is 1.06. The summed E-state index contributed by atoms with van der Waals surface area (Å²) in [7, 11) is 0. The number of benzene rings is 1. The van der Waals surface area contributed by atoms with Gasteiger partial charge >= 0.3 is 0 Å². The van der Waals surface area contributed by atoms with Crippen molar-refractivity contribution in [1.82, 2.24) is 15.3 Å². The van der Waals surface area contributed by atoms with Gasteiger partial charge in [-0.2, -0.15) is 0 Å². The van der Waals surface area contributed by atoms with Crippen LogP contribution >= 0.6 is 0 Å². The lowest BCUT2D eigenvalue weighted by atomic mass is 10.1. The van der Waals surface area contributed by atoms with Crippen molar-refractivity contribution in [3.63, 3.8) is 0 Å². The molecule has 0 radical (unpaired) electrons. The number of amides is 1. The number of furan rings is 1. The van der Waals surface area contributed by atoms with Crippen LogP contribution < -0.4 is 10.6 Å². The van der Waals surface area contributed by atoms with Crippen molar-refractivity contribution in [2.75, 3.05) is 11.9 Å². The molecule has 6 heteroatoms. The van der Waals surface area contributed by atoms with Gasteiger partial charge in [0.2, 0.25) is 0 Å². The number of aromatic nitrogens is 2. The second-order valence-corrected chi connectivity index (χ2v) is 5.21. The summed E-state index contributed by atoms with van der Waals surface area (Å²) in [5.74, 6) is 1.16. The molecule has 0 spiro atoms. The number of rotatable bonds is 7. The topological polar surface area (TPSA) is 80.0 Å². The molecule has 0 aliphatic heterocycles. The first-order chi connectivity index (χ1) is 11.8. The summed E-state index contributed by atoms with van der Waals surface area (Å²) < 4.78 is 5.24. The summed E-state index contributed by atoms with van der Waals surface area (Å²) in [6.07, 6.45) is 3.76. The molecule has 0 saturated heterocycles. The second kappa shape index (κ2) is 7.92. The number of carbonyl (C=O) groups excluding carboxylic acids is 1. The van der Waals surface area contributed by atoms with Crippen molar-refractivity contribution in [2.45, 2.75) is 13.0 Å². The van der Waals surface area contributed by atoms with Crippen LogP contribution in [0.25, 0.3) is 0 Å². The van der Waals surface area contributed by atoms with Gasteiger partial charge in [-0.1, -0.05) is 30.3 Å². The van der Waals surface area contributed by atoms with Gasteiger partial charge in [-0.05, 0) is 24.1 Å². The maximum atomic E-state index is 12.2. The third-order valence-corrected chi connectivity index (χ3v) is 3.47. The van der Waals surface area contributed by atoms with Crippen LogP contribution in [0.1, 0.15) is 21.8 Å². The Bertz CT molecular complexity index is 773. The number of nitrogens with one attached hydrogen (secondary N) is 2. The average molecular weight is 322 g/mol. The molecule has 3 aromatic rings. The Hall–Kier alpha value is -3.15. The highest BCUT2D eigenvalue weighted by atomic mass is 16.3. The third-order valence-electron chi connectivity index (χ3n) is 3.47. The Morgan fingerprint density at radius 2 is 1.96 bits per heavy atom. The largest absolute Gasteiger partial charge is 0.467 e. The molecule has 1 aromatic carbocycles. The van der Waals surface area contributed by atoms with Crippen LogP contribution in [-0.4, -0.2) is 22.4 Å². The predicted octanol–water partition coefficient (Wildman–Crippen LogP) is 2.65. The van der Waals surface area contributed by atoms with Gasteiger partial charge in [-0.25, -0.2) is 9.97 Å². The minimum atomic E-state index is -0.214. The van der Waals surface area contributed by atoms with E-state index in [0.29, 0.717) is 24.6 Å². The van der Waals surface area contributed by atoms with E-state index in [1.54, 1.807) is 12.3 Å². The Morgan fingerprint density at radius 3 is 2.75 bits per heavy atom. The van der Waals surface area contributed by atoms with Crippen molar-refractivity contribution in [2.24, 2.45) is 0 Å². The van der Waals surface area contributed by atoms with Crippen LogP contribution in [0.2, 0.25) is 0 Å². The maximum Gasteiger partial charge on any atom is 0.270 e. The van der Waals surface area contributed by atoms with Crippen LogP contribution in [0.5, 0.6) is 0 Å². The first-order valence-corrected chi connectivity index (χ1v) is 7.72. The Labute approximate surface area is 140 Å². The van der Waals surface area contributed by atoms with Crippen LogP contribution in [0.15, 0.2) is 65.5 Å². The Morgan fingerprint density at radius 1 is 1.08 bits per heavy atom. The normalized spacial score (nSPS) is 10.3. The van der Waals surface area contributed by atoms with Gasteiger partial charge in [-0.3, -0.25) is 4.79 Å². The van der Waals surface area contributed by atoms with Gasteiger partial charge < -0.3 is 15.1 Å². The standard InChI is InChI=1S/C18H18N4O2/c23-18(19-9-8-14-5-2-1-3-6-14)16-11-17(22-13-21-16)20-12-15-7-4-10-24-15/h1-7,10-11,13H,8-9,12H2,(H,19,23)(H,20,21,22). The second-order valence-electron chi connectivity index (χ2n) is 5.21. The molecule has 0 atom stereocenters. The zero-order valence-electron chi connectivity index (χ0n) is 13.1. The summed E-state index contributed by atoms with van der Waals surface area (Å²) >= 11 is 0. The molecule has 0 aliphatic rings. The molecule has 2 heterocycles. The van der Waals surface area contributed by atoms with E-state index in [2.05, 4.69) is 20.6 Å². The predicted molar refractivity (Wildman–Crippen MR) is 90.5 cm³/mol. The molecule has 122 valence electrons. The minimum Gasteiger partial charge on any atom is -0.467 e. The van der Waals surface area contributed by atoms with Gasteiger partial charge in [0, 0.05) is 12.6 Å². The summed E-state index contributed by atoms with van der Waals surface area (Å²) in [4.78, 5) is 20.3. The van der Waals surface area contributed by atoms with Gasteiger partial charge in [-0.15, -0.1) is 0 Å². The zero-order chi connectivity index (χ0) is 16.6. The maximum absolute atomic E-state index is 12.2. The molecule has 0 bridgehead atoms.